The molecule has 2 aromatic rings. The molecule has 0 aliphatic rings. The van der Waals surface area contributed by atoms with E-state index in [9.17, 15) is 0 Å². The number of methoxy groups -OCH3 is 2. The van der Waals surface area contributed by atoms with Gasteiger partial charge in [-0.05, 0) is 35.9 Å². The molecule has 2 N–H and O–H groups in total. The first-order chi connectivity index (χ1) is 9.58. The summed E-state index contributed by atoms with van der Waals surface area (Å²) >= 11 is 9.68. The molecule has 0 heterocycles. The number of rotatable bonds is 4. The van der Waals surface area contributed by atoms with Crippen LogP contribution in [-0.4, -0.2) is 14.2 Å². The maximum absolute atomic E-state index is 6.37. The van der Waals surface area contributed by atoms with Crippen molar-refractivity contribution in [2.75, 3.05) is 14.2 Å². The Morgan fingerprint density at radius 1 is 1.10 bits per heavy atom. The van der Waals surface area contributed by atoms with E-state index in [0.717, 1.165) is 15.6 Å². The summed E-state index contributed by atoms with van der Waals surface area (Å²) < 4.78 is 11.7. The molecule has 20 heavy (non-hydrogen) atoms. The van der Waals surface area contributed by atoms with Crippen LogP contribution < -0.4 is 15.2 Å². The van der Waals surface area contributed by atoms with Gasteiger partial charge in [0.1, 0.15) is 11.5 Å². The first-order valence-electron chi connectivity index (χ1n) is 6.00. The van der Waals surface area contributed by atoms with Crippen LogP contribution in [0.15, 0.2) is 40.9 Å². The Morgan fingerprint density at radius 3 is 2.25 bits per heavy atom. The molecule has 0 amide bonds. The zero-order valence-electron chi connectivity index (χ0n) is 11.2. The van der Waals surface area contributed by atoms with Crippen molar-refractivity contribution in [1.82, 2.24) is 0 Å². The van der Waals surface area contributed by atoms with Crippen LogP contribution in [0.5, 0.6) is 11.5 Å². The van der Waals surface area contributed by atoms with Crippen molar-refractivity contribution in [1.29, 1.82) is 0 Å². The number of nitrogens with two attached hydrogens (primary N) is 1. The van der Waals surface area contributed by atoms with Crippen molar-refractivity contribution in [2.45, 2.75) is 6.04 Å². The molecular weight excluding hydrogens is 342 g/mol. The van der Waals surface area contributed by atoms with Crippen LogP contribution in [0.1, 0.15) is 17.2 Å². The second kappa shape index (κ2) is 6.48. The summed E-state index contributed by atoms with van der Waals surface area (Å²) in [5, 5.41) is 0.605. The monoisotopic (exact) mass is 355 g/mol. The third-order valence-corrected chi connectivity index (χ3v) is 3.91. The molecule has 0 radical (unpaired) electrons. The van der Waals surface area contributed by atoms with Gasteiger partial charge in [0.15, 0.2) is 0 Å². The van der Waals surface area contributed by atoms with Crippen molar-refractivity contribution in [3.63, 3.8) is 0 Å². The summed E-state index contributed by atoms with van der Waals surface area (Å²) in [6.45, 7) is 0. The smallest absolute Gasteiger partial charge is 0.127 e. The Morgan fingerprint density at radius 2 is 1.70 bits per heavy atom. The zero-order chi connectivity index (χ0) is 14.7. The molecule has 0 saturated heterocycles. The molecule has 0 spiro atoms. The van der Waals surface area contributed by atoms with Crippen LogP contribution in [0.3, 0.4) is 0 Å². The molecule has 106 valence electrons. The highest BCUT2D eigenvalue weighted by Gasteiger charge is 2.21. The fourth-order valence-electron chi connectivity index (χ4n) is 2.09. The Hall–Kier alpha value is -1.23. The summed E-state index contributed by atoms with van der Waals surface area (Å²) in [5.74, 6) is 1.35. The highest BCUT2D eigenvalue weighted by atomic mass is 79.9. The molecule has 2 aromatic carbocycles. The largest absolute Gasteiger partial charge is 0.496 e. The molecule has 0 aromatic heterocycles. The van der Waals surface area contributed by atoms with Crippen LogP contribution in [0, 0.1) is 0 Å². The van der Waals surface area contributed by atoms with Gasteiger partial charge in [0.25, 0.3) is 0 Å². The molecule has 1 unspecified atom stereocenters. The molecule has 0 saturated carbocycles. The number of hydrogen-bond acceptors (Lipinski definition) is 3. The summed E-state index contributed by atoms with van der Waals surface area (Å²) in [6.07, 6.45) is 0. The number of hydrogen-bond donors (Lipinski definition) is 1. The molecule has 0 aliphatic heterocycles. The summed E-state index contributed by atoms with van der Waals surface area (Å²) in [6, 6.07) is 10.7. The van der Waals surface area contributed by atoms with Gasteiger partial charge < -0.3 is 15.2 Å². The van der Waals surface area contributed by atoms with Crippen LogP contribution in [0.2, 0.25) is 5.02 Å². The summed E-state index contributed by atoms with van der Waals surface area (Å²) in [4.78, 5) is 0. The molecular formula is C15H15BrClNO2. The van der Waals surface area contributed by atoms with Gasteiger partial charge in [0, 0.05) is 9.50 Å². The van der Waals surface area contributed by atoms with E-state index in [2.05, 4.69) is 15.9 Å². The minimum Gasteiger partial charge on any atom is -0.496 e. The third kappa shape index (κ3) is 2.92. The molecule has 5 heteroatoms. The zero-order valence-corrected chi connectivity index (χ0v) is 13.5. The molecule has 1 atom stereocenters. The van der Waals surface area contributed by atoms with Crippen LogP contribution in [0.25, 0.3) is 0 Å². The van der Waals surface area contributed by atoms with Crippen LogP contribution in [-0.2, 0) is 0 Å². The van der Waals surface area contributed by atoms with Crippen molar-refractivity contribution in [2.24, 2.45) is 5.73 Å². The predicted molar refractivity (Wildman–Crippen MR) is 84.7 cm³/mol. The van der Waals surface area contributed by atoms with Gasteiger partial charge in [0.2, 0.25) is 0 Å². The van der Waals surface area contributed by atoms with Crippen LogP contribution >= 0.6 is 27.5 Å². The first kappa shape index (κ1) is 15.2. The SMILES string of the molecule is COc1cccc(OC)c1C(N)c1cc(Br)ccc1Cl. The lowest BCUT2D eigenvalue weighted by Gasteiger charge is -2.20. The van der Waals surface area contributed by atoms with Gasteiger partial charge in [0.05, 0.1) is 25.8 Å². The van der Waals surface area contributed by atoms with Gasteiger partial charge in [-0.1, -0.05) is 33.6 Å². The summed E-state index contributed by atoms with van der Waals surface area (Å²) in [7, 11) is 3.21. The Labute approximate surface area is 131 Å². The lowest BCUT2D eigenvalue weighted by molar-refractivity contribution is 0.382. The topological polar surface area (TPSA) is 44.5 Å². The van der Waals surface area contributed by atoms with Crippen LogP contribution in [0.4, 0.5) is 0 Å². The van der Waals surface area contributed by atoms with Gasteiger partial charge in [-0.25, -0.2) is 0 Å². The maximum Gasteiger partial charge on any atom is 0.127 e. The fourth-order valence-corrected chi connectivity index (χ4v) is 2.71. The van der Waals surface area contributed by atoms with Crippen molar-refractivity contribution < 1.29 is 9.47 Å². The predicted octanol–water partition coefficient (Wildman–Crippen LogP) is 4.17. The highest BCUT2D eigenvalue weighted by Crippen LogP contribution is 2.38. The van der Waals surface area contributed by atoms with Crippen molar-refractivity contribution in [3.8, 4) is 11.5 Å². The van der Waals surface area contributed by atoms with Gasteiger partial charge >= 0.3 is 0 Å². The van der Waals surface area contributed by atoms with E-state index >= 15 is 0 Å². The second-order valence-electron chi connectivity index (χ2n) is 4.22. The molecule has 2 rings (SSSR count). The highest BCUT2D eigenvalue weighted by molar-refractivity contribution is 9.10. The second-order valence-corrected chi connectivity index (χ2v) is 5.54. The molecule has 0 fully saturated rings. The molecule has 3 nitrogen and oxygen atoms in total. The molecule has 0 aliphatic carbocycles. The van der Waals surface area contributed by atoms with E-state index in [-0.39, 0.29) is 0 Å². The lowest BCUT2D eigenvalue weighted by atomic mass is 9.97. The Kier molecular flexibility index (Phi) is 4.91. The quantitative estimate of drug-likeness (QED) is 0.894. The van der Waals surface area contributed by atoms with E-state index < -0.39 is 6.04 Å². The minimum atomic E-state index is -0.439. The van der Waals surface area contributed by atoms with Gasteiger partial charge in [-0.3, -0.25) is 0 Å². The Balaban J connectivity index is 2.58. The average Bonchev–Trinajstić information content (AvgIpc) is 2.48. The van der Waals surface area contributed by atoms with E-state index in [1.54, 1.807) is 14.2 Å². The number of ether oxygens (including phenoxy) is 2. The van der Waals surface area contributed by atoms with Gasteiger partial charge in [-0.15, -0.1) is 0 Å². The van der Waals surface area contributed by atoms with Gasteiger partial charge in [-0.2, -0.15) is 0 Å². The van der Waals surface area contributed by atoms with Crippen molar-refractivity contribution in [3.05, 3.63) is 57.0 Å². The fraction of sp³-hybridized carbons (Fsp3) is 0.200. The van der Waals surface area contributed by atoms with Crippen molar-refractivity contribution >= 4 is 27.5 Å². The summed E-state index contributed by atoms with van der Waals surface area (Å²) in [5.41, 5.74) is 7.96. The Bertz CT molecular complexity index is 597. The average molecular weight is 357 g/mol. The minimum absolute atomic E-state index is 0.439. The molecule has 0 bridgehead atoms. The van der Waals surface area contributed by atoms with E-state index in [1.165, 1.54) is 0 Å². The normalized spacial score (nSPS) is 12.1. The van der Waals surface area contributed by atoms with E-state index in [0.29, 0.717) is 16.5 Å². The lowest BCUT2D eigenvalue weighted by Crippen LogP contribution is -2.15. The number of halogens is 2. The third-order valence-electron chi connectivity index (χ3n) is 3.07. The standard InChI is InChI=1S/C15H15BrClNO2/c1-19-12-4-3-5-13(20-2)14(12)15(18)10-8-9(16)6-7-11(10)17/h3-8,15H,18H2,1-2H3. The van der Waals surface area contributed by atoms with E-state index in [4.69, 9.17) is 26.8 Å². The van der Waals surface area contributed by atoms with E-state index in [1.807, 2.05) is 36.4 Å². The maximum atomic E-state index is 6.37. The number of benzene rings is 2. The first-order valence-corrected chi connectivity index (χ1v) is 7.17.